The zero-order chi connectivity index (χ0) is 19.9. The van der Waals surface area contributed by atoms with Crippen LogP contribution >= 0.6 is 0 Å². The first kappa shape index (κ1) is 19.8. The molecule has 3 rings (SSSR count). The molecule has 0 heterocycles. The smallest absolute Gasteiger partial charge is 0.145 e. The second kappa shape index (κ2) is 9.34. The summed E-state index contributed by atoms with van der Waals surface area (Å²) in [6.45, 7) is 2.17. The minimum absolute atomic E-state index is 0.234. The summed E-state index contributed by atoms with van der Waals surface area (Å²) in [5.41, 5.74) is 2.48. The molecule has 0 aliphatic heterocycles. The summed E-state index contributed by atoms with van der Waals surface area (Å²) in [5.74, 6) is 4.96. The third-order valence-electron chi connectivity index (χ3n) is 5.45. The van der Waals surface area contributed by atoms with Crippen LogP contribution in [0.25, 0.3) is 0 Å². The first-order valence-corrected chi connectivity index (χ1v) is 9.77. The molecule has 0 aromatic heterocycles. The molecule has 0 spiro atoms. The fourth-order valence-electron chi connectivity index (χ4n) is 3.73. The van der Waals surface area contributed by atoms with Crippen molar-refractivity contribution >= 4 is 0 Å². The molecule has 0 N–H and O–H groups in total. The van der Waals surface area contributed by atoms with Gasteiger partial charge in [0.15, 0.2) is 0 Å². The van der Waals surface area contributed by atoms with Crippen LogP contribution in [0.1, 0.15) is 60.8 Å². The molecule has 1 fully saturated rings. The van der Waals surface area contributed by atoms with Gasteiger partial charge in [-0.1, -0.05) is 49.1 Å². The van der Waals surface area contributed by atoms with Gasteiger partial charge in [0.25, 0.3) is 0 Å². The minimum Gasteiger partial charge on any atom is -0.205 e. The Bertz CT molecular complexity index is 924. The number of allylic oxidation sites excluding steroid dienone is 2. The molecule has 1 aliphatic rings. The highest BCUT2D eigenvalue weighted by molar-refractivity contribution is 5.43. The van der Waals surface area contributed by atoms with Gasteiger partial charge in [0.1, 0.15) is 23.3 Å². The van der Waals surface area contributed by atoms with Gasteiger partial charge in [-0.25, -0.2) is 8.78 Å². The standard InChI is InChI=1S/C25H23F2N/c1-2-18-7-11-21(12-8-18)22-13-9-19(10-14-22)5-3-4-6-20-15-24(26)23(17-28)25(27)16-20/h3,5,7-8,11-12,15-16,19,22H,2,9-10,13-14H2,1H3/b5-3+. The molecule has 1 nitrogen and oxygen atoms in total. The van der Waals surface area contributed by atoms with Crippen LogP contribution in [0.4, 0.5) is 8.78 Å². The number of nitriles is 1. The second-order valence-electron chi connectivity index (χ2n) is 7.26. The molecule has 2 aromatic carbocycles. The van der Waals surface area contributed by atoms with Crippen molar-refractivity contribution in [2.45, 2.75) is 44.9 Å². The summed E-state index contributed by atoms with van der Waals surface area (Å²) >= 11 is 0. The van der Waals surface area contributed by atoms with Crippen molar-refractivity contribution in [3.05, 3.63) is 82.4 Å². The van der Waals surface area contributed by atoms with Gasteiger partial charge in [-0.05, 0) is 73.3 Å². The highest BCUT2D eigenvalue weighted by Crippen LogP contribution is 2.36. The molecule has 0 radical (unpaired) electrons. The van der Waals surface area contributed by atoms with Gasteiger partial charge >= 0.3 is 0 Å². The van der Waals surface area contributed by atoms with Gasteiger partial charge < -0.3 is 0 Å². The van der Waals surface area contributed by atoms with Crippen LogP contribution in [0.15, 0.2) is 48.6 Å². The fraction of sp³-hybridized carbons (Fsp3) is 0.320. The number of benzene rings is 2. The Hall–Kier alpha value is -2.91. The molecule has 3 heteroatoms. The van der Waals surface area contributed by atoms with Crippen molar-refractivity contribution in [3.63, 3.8) is 0 Å². The van der Waals surface area contributed by atoms with Gasteiger partial charge in [0, 0.05) is 5.56 Å². The normalized spacial score (nSPS) is 19.1. The van der Waals surface area contributed by atoms with E-state index < -0.39 is 17.2 Å². The predicted octanol–water partition coefficient (Wildman–Crippen LogP) is 6.28. The van der Waals surface area contributed by atoms with Crippen LogP contribution in [-0.2, 0) is 6.42 Å². The maximum absolute atomic E-state index is 13.6. The lowest BCUT2D eigenvalue weighted by atomic mass is 9.78. The summed E-state index contributed by atoms with van der Waals surface area (Å²) in [6, 6.07) is 12.7. The Morgan fingerprint density at radius 2 is 1.68 bits per heavy atom. The summed E-state index contributed by atoms with van der Waals surface area (Å²) in [6.07, 6.45) is 9.52. The molecule has 2 aromatic rings. The van der Waals surface area contributed by atoms with Crippen molar-refractivity contribution in [1.29, 1.82) is 5.26 Å². The Balaban J connectivity index is 1.55. The van der Waals surface area contributed by atoms with E-state index in [2.05, 4.69) is 49.1 Å². The van der Waals surface area contributed by atoms with Gasteiger partial charge in [-0.15, -0.1) is 0 Å². The van der Waals surface area contributed by atoms with E-state index in [0.717, 1.165) is 31.4 Å². The lowest BCUT2D eigenvalue weighted by molar-refractivity contribution is 0.376. The number of hydrogen-bond acceptors (Lipinski definition) is 1. The second-order valence-corrected chi connectivity index (χ2v) is 7.26. The monoisotopic (exact) mass is 375 g/mol. The fourth-order valence-corrected chi connectivity index (χ4v) is 3.73. The first-order chi connectivity index (χ1) is 13.6. The van der Waals surface area contributed by atoms with E-state index in [1.807, 2.05) is 0 Å². The molecular formula is C25H23F2N. The average molecular weight is 375 g/mol. The number of nitrogens with zero attached hydrogens (tertiary/aromatic N) is 1. The SMILES string of the molecule is CCc1ccc(C2CCC(/C=C/C#Cc3cc(F)c(C#N)c(F)c3)CC2)cc1. The molecule has 1 aliphatic carbocycles. The van der Waals surface area contributed by atoms with Crippen LogP contribution in [0.2, 0.25) is 0 Å². The lowest BCUT2D eigenvalue weighted by Crippen LogP contribution is -2.11. The van der Waals surface area contributed by atoms with Crippen LogP contribution in [0.5, 0.6) is 0 Å². The topological polar surface area (TPSA) is 23.8 Å². The first-order valence-electron chi connectivity index (χ1n) is 9.77. The molecule has 0 unspecified atom stereocenters. The van der Waals surface area contributed by atoms with Crippen LogP contribution in [0.3, 0.4) is 0 Å². The summed E-state index contributed by atoms with van der Waals surface area (Å²) < 4.78 is 27.2. The summed E-state index contributed by atoms with van der Waals surface area (Å²) in [5, 5.41) is 8.69. The maximum Gasteiger partial charge on any atom is 0.145 e. The van der Waals surface area contributed by atoms with Crippen LogP contribution < -0.4 is 0 Å². The number of hydrogen-bond donors (Lipinski definition) is 0. The zero-order valence-electron chi connectivity index (χ0n) is 16.0. The van der Waals surface area contributed by atoms with E-state index in [9.17, 15) is 8.78 Å². The van der Waals surface area contributed by atoms with Crippen LogP contribution in [0, 0.1) is 40.7 Å². The average Bonchev–Trinajstić information content (AvgIpc) is 2.72. The number of halogens is 2. The van der Waals surface area contributed by atoms with Gasteiger partial charge in [-0.2, -0.15) is 5.26 Å². The molecule has 0 saturated heterocycles. The Morgan fingerprint density at radius 1 is 1.04 bits per heavy atom. The molecule has 1 saturated carbocycles. The molecular weight excluding hydrogens is 352 g/mol. The molecule has 0 amide bonds. The number of aryl methyl sites for hydroxylation is 1. The summed E-state index contributed by atoms with van der Waals surface area (Å²) in [7, 11) is 0. The number of rotatable bonds is 3. The van der Waals surface area contributed by atoms with E-state index >= 15 is 0 Å². The maximum atomic E-state index is 13.6. The van der Waals surface area contributed by atoms with Crippen molar-refractivity contribution in [2.75, 3.05) is 0 Å². The van der Waals surface area contributed by atoms with Crippen molar-refractivity contribution < 1.29 is 8.78 Å². The van der Waals surface area contributed by atoms with E-state index in [1.165, 1.54) is 30.0 Å². The highest BCUT2D eigenvalue weighted by atomic mass is 19.1. The van der Waals surface area contributed by atoms with Gasteiger partial charge in [-0.3, -0.25) is 0 Å². The molecule has 0 atom stereocenters. The quantitative estimate of drug-likeness (QED) is 0.579. The molecule has 28 heavy (non-hydrogen) atoms. The van der Waals surface area contributed by atoms with Gasteiger partial charge in [0.05, 0.1) is 0 Å². The van der Waals surface area contributed by atoms with E-state index in [0.29, 0.717) is 11.8 Å². The van der Waals surface area contributed by atoms with Crippen molar-refractivity contribution in [3.8, 4) is 17.9 Å². The van der Waals surface area contributed by atoms with Crippen molar-refractivity contribution in [1.82, 2.24) is 0 Å². The minimum atomic E-state index is -0.874. The molecule has 0 bridgehead atoms. The largest absolute Gasteiger partial charge is 0.205 e. The Morgan fingerprint density at radius 3 is 2.25 bits per heavy atom. The summed E-state index contributed by atoms with van der Waals surface area (Å²) in [4.78, 5) is 0. The lowest BCUT2D eigenvalue weighted by Gasteiger charge is -2.27. The van der Waals surface area contributed by atoms with Gasteiger partial charge in [0.2, 0.25) is 0 Å². The van der Waals surface area contributed by atoms with E-state index in [-0.39, 0.29) is 5.56 Å². The highest BCUT2D eigenvalue weighted by Gasteiger charge is 2.20. The Kier molecular flexibility index (Phi) is 6.62. The molecule has 142 valence electrons. The predicted molar refractivity (Wildman–Crippen MR) is 108 cm³/mol. The van der Waals surface area contributed by atoms with Crippen LogP contribution in [-0.4, -0.2) is 0 Å². The third-order valence-corrected chi connectivity index (χ3v) is 5.45. The van der Waals surface area contributed by atoms with E-state index in [1.54, 1.807) is 6.08 Å². The van der Waals surface area contributed by atoms with Crippen molar-refractivity contribution in [2.24, 2.45) is 5.92 Å². The Labute approximate surface area is 165 Å². The zero-order valence-corrected chi connectivity index (χ0v) is 16.0. The third kappa shape index (κ3) is 4.87. The van der Waals surface area contributed by atoms with E-state index in [4.69, 9.17) is 5.26 Å².